The zero-order valence-electron chi connectivity index (χ0n) is 8.95. The normalized spacial score (nSPS) is 14.1. The molecule has 0 spiro atoms. The van der Waals surface area contributed by atoms with Crippen LogP contribution in [0.5, 0.6) is 0 Å². The van der Waals surface area contributed by atoms with Gasteiger partial charge in [-0.25, -0.2) is 0 Å². The van der Waals surface area contributed by atoms with E-state index in [1.165, 1.54) is 6.92 Å². The number of anilines is 1. The smallest absolute Gasteiger partial charge is 0.221 e. The number of carbonyl (C=O) groups is 1. The first-order valence-corrected chi connectivity index (χ1v) is 4.63. The predicted octanol–water partition coefficient (Wildman–Crippen LogP) is 1.40. The largest absolute Gasteiger partial charge is 0.325 e. The van der Waals surface area contributed by atoms with Crippen molar-refractivity contribution in [2.45, 2.75) is 19.4 Å². The van der Waals surface area contributed by atoms with Gasteiger partial charge in [0.15, 0.2) is 0 Å². The van der Waals surface area contributed by atoms with Gasteiger partial charge in [-0.2, -0.15) is 0 Å². The Hall–Kier alpha value is -1.68. The lowest BCUT2D eigenvalue weighted by Gasteiger charge is -2.22. The van der Waals surface area contributed by atoms with E-state index in [4.69, 9.17) is 5.73 Å². The van der Waals surface area contributed by atoms with Crippen molar-refractivity contribution in [1.29, 1.82) is 0 Å². The molecule has 0 fully saturated rings. The summed E-state index contributed by atoms with van der Waals surface area (Å²) in [5.41, 5.74) is 6.46. The van der Waals surface area contributed by atoms with Crippen molar-refractivity contribution in [3.63, 3.8) is 0 Å². The number of nitrogens with zero attached hydrogens (tertiary/aromatic N) is 1. The molecule has 0 aliphatic carbocycles. The van der Waals surface area contributed by atoms with Crippen molar-refractivity contribution in [1.82, 2.24) is 4.98 Å². The lowest BCUT2D eigenvalue weighted by atomic mass is 9.97. The number of nitrogens with two attached hydrogens (primary N) is 1. The van der Waals surface area contributed by atoms with Crippen molar-refractivity contribution >= 4 is 11.6 Å². The summed E-state index contributed by atoms with van der Waals surface area (Å²) in [6.45, 7) is 6.88. The molecule has 1 rings (SSSR count). The monoisotopic (exact) mass is 205 g/mol. The summed E-state index contributed by atoms with van der Waals surface area (Å²) in [6, 6.07) is 3.51. The van der Waals surface area contributed by atoms with Gasteiger partial charge in [0.05, 0.1) is 16.9 Å². The molecular formula is C11H15N3O. The van der Waals surface area contributed by atoms with E-state index in [2.05, 4.69) is 16.9 Å². The van der Waals surface area contributed by atoms with E-state index in [0.29, 0.717) is 11.4 Å². The average Bonchev–Trinajstić information content (AvgIpc) is 2.17. The molecule has 0 bridgehead atoms. The molecular weight excluding hydrogens is 190 g/mol. The van der Waals surface area contributed by atoms with E-state index in [1.54, 1.807) is 31.3 Å². The second kappa shape index (κ2) is 4.23. The standard InChI is InChI=1S/C11H15N3O/c1-4-11(3,12)10-9(14-8(2)15)6-5-7-13-10/h4-7H,1,12H2,2-3H3,(H,14,15). The van der Waals surface area contributed by atoms with Crippen molar-refractivity contribution in [3.05, 3.63) is 36.7 Å². The molecule has 0 aliphatic rings. The van der Waals surface area contributed by atoms with Gasteiger partial charge in [0, 0.05) is 13.1 Å². The van der Waals surface area contributed by atoms with Gasteiger partial charge in [-0.05, 0) is 19.1 Å². The van der Waals surface area contributed by atoms with Crippen LogP contribution in [0.4, 0.5) is 5.69 Å². The van der Waals surface area contributed by atoms with Crippen LogP contribution in [-0.4, -0.2) is 10.9 Å². The highest BCUT2D eigenvalue weighted by Gasteiger charge is 2.22. The van der Waals surface area contributed by atoms with Crippen LogP contribution in [0.2, 0.25) is 0 Å². The summed E-state index contributed by atoms with van der Waals surface area (Å²) in [7, 11) is 0. The third-order valence-electron chi connectivity index (χ3n) is 2.05. The second-order valence-corrected chi connectivity index (χ2v) is 3.57. The number of aromatic nitrogens is 1. The quantitative estimate of drug-likeness (QED) is 0.733. The molecule has 1 aromatic heterocycles. The molecule has 0 aromatic carbocycles. The average molecular weight is 205 g/mol. The highest BCUT2D eigenvalue weighted by atomic mass is 16.1. The molecule has 0 aliphatic heterocycles. The zero-order chi connectivity index (χ0) is 11.5. The lowest BCUT2D eigenvalue weighted by Crippen LogP contribution is -2.32. The van der Waals surface area contributed by atoms with Crippen LogP contribution < -0.4 is 11.1 Å². The van der Waals surface area contributed by atoms with Gasteiger partial charge in [0.2, 0.25) is 5.91 Å². The van der Waals surface area contributed by atoms with Gasteiger partial charge < -0.3 is 11.1 Å². The third kappa shape index (κ3) is 2.63. The van der Waals surface area contributed by atoms with Crippen molar-refractivity contribution in [3.8, 4) is 0 Å². The maximum absolute atomic E-state index is 11.0. The Kier molecular flexibility index (Phi) is 3.21. The number of amides is 1. The van der Waals surface area contributed by atoms with E-state index in [9.17, 15) is 4.79 Å². The minimum absolute atomic E-state index is 0.149. The van der Waals surface area contributed by atoms with Crippen LogP contribution in [0.1, 0.15) is 19.5 Å². The van der Waals surface area contributed by atoms with Crippen LogP contribution >= 0.6 is 0 Å². The van der Waals surface area contributed by atoms with Crippen LogP contribution in [0.15, 0.2) is 31.0 Å². The summed E-state index contributed by atoms with van der Waals surface area (Å²) in [5, 5.41) is 2.68. The van der Waals surface area contributed by atoms with Crippen LogP contribution in [-0.2, 0) is 10.3 Å². The zero-order valence-corrected chi connectivity index (χ0v) is 8.95. The Morgan fingerprint density at radius 2 is 2.40 bits per heavy atom. The Morgan fingerprint density at radius 1 is 1.73 bits per heavy atom. The van der Waals surface area contributed by atoms with Crippen LogP contribution in [0.3, 0.4) is 0 Å². The van der Waals surface area contributed by atoms with Crippen LogP contribution in [0.25, 0.3) is 0 Å². The highest BCUT2D eigenvalue weighted by Crippen LogP contribution is 2.24. The molecule has 1 atom stereocenters. The SMILES string of the molecule is C=CC(C)(N)c1ncccc1NC(C)=O. The lowest BCUT2D eigenvalue weighted by molar-refractivity contribution is -0.114. The first-order valence-electron chi connectivity index (χ1n) is 4.63. The molecule has 1 heterocycles. The highest BCUT2D eigenvalue weighted by molar-refractivity contribution is 5.89. The summed E-state index contributed by atoms with van der Waals surface area (Å²) in [6.07, 6.45) is 3.23. The molecule has 3 N–H and O–H groups in total. The summed E-state index contributed by atoms with van der Waals surface area (Å²) >= 11 is 0. The maximum Gasteiger partial charge on any atom is 0.221 e. The molecule has 15 heavy (non-hydrogen) atoms. The molecule has 0 radical (unpaired) electrons. The number of pyridine rings is 1. The number of hydrogen-bond donors (Lipinski definition) is 2. The van der Waals surface area contributed by atoms with Gasteiger partial charge >= 0.3 is 0 Å². The van der Waals surface area contributed by atoms with E-state index in [0.717, 1.165) is 0 Å². The van der Waals surface area contributed by atoms with Crippen molar-refractivity contribution < 1.29 is 4.79 Å². The van der Waals surface area contributed by atoms with Gasteiger partial charge in [-0.3, -0.25) is 9.78 Å². The molecule has 4 nitrogen and oxygen atoms in total. The van der Waals surface area contributed by atoms with E-state index in [-0.39, 0.29) is 5.91 Å². The van der Waals surface area contributed by atoms with Gasteiger partial charge in [-0.1, -0.05) is 6.08 Å². The van der Waals surface area contributed by atoms with E-state index < -0.39 is 5.54 Å². The second-order valence-electron chi connectivity index (χ2n) is 3.57. The first kappa shape index (κ1) is 11.4. The molecule has 0 saturated carbocycles. The first-order chi connectivity index (χ1) is 6.97. The molecule has 80 valence electrons. The van der Waals surface area contributed by atoms with E-state index >= 15 is 0 Å². The summed E-state index contributed by atoms with van der Waals surface area (Å²) in [4.78, 5) is 15.1. The Bertz CT molecular complexity index is 385. The van der Waals surface area contributed by atoms with E-state index in [1.807, 2.05) is 0 Å². The maximum atomic E-state index is 11.0. The fourth-order valence-corrected chi connectivity index (χ4v) is 1.22. The third-order valence-corrected chi connectivity index (χ3v) is 2.05. The molecule has 1 aromatic rings. The summed E-state index contributed by atoms with van der Waals surface area (Å²) < 4.78 is 0. The minimum atomic E-state index is -0.751. The fraction of sp³-hybridized carbons (Fsp3) is 0.273. The Balaban J connectivity index is 3.17. The number of nitrogens with one attached hydrogen (secondary N) is 1. The number of hydrogen-bond acceptors (Lipinski definition) is 3. The molecule has 1 unspecified atom stereocenters. The Labute approximate surface area is 89.2 Å². The van der Waals surface area contributed by atoms with Gasteiger partial charge in [0.25, 0.3) is 0 Å². The Morgan fingerprint density at radius 3 is 2.93 bits per heavy atom. The van der Waals surface area contributed by atoms with Crippen LogP contribution in [0, 0.1) is 0 Å². The van der Waals surface area contributed by atoms with Crippen molar-refractivity contribution in [2.75, 3.05) is 5.32 Å². The minimum Gasteiger partial charge on any atom is -0.325 e. The van der Waals surface area contributed by atoms with Gasteiger partial charge in [-0.15, -0.1) is 6.58 Å². The van der Waals surface area contributed by atoms with Gasteiger partial charge in [0.1, 0.15) is 0 Å². The molecule has 4 heteroatoms. The molecule has 0 saturated heterocycles. The predicted molar refractivity (Wildman–Crippen MR) is 60.3 cm³/mol. The fourth-order valence-electron chi connectivity index (χ4n) is 1.22. The topological polar surface area (TPSA) is 68.0 Å². The summed E-state index contributed by atoms with van der Waals surface area (Å²) in [5.74, 6) is -0.149. The molecule has 1 amide bonds. The number of carbonyl (C=O) groups excluding carboxylic acids is 1. The number of rotatable bonds is 3. The van der Waals surface area contributed by atoms with Crippen molar-refractivity contribution in [2.24, 2.45) is 5.73 Å².